The van der Waals surface area contributed by atoms with Crippen LogP contribution in [0.2, 0.25) is 0 Å². The summed E-state index contributed by atoms with van der Waals surface area (Å²) in [6, 6.07) is 0. The quantitative estimate of drug-likeness (QED) is 0.466. The fourth-order valence-corrected chi connectivity index (χ4v) is 4.39. The number of aliphatic hydroxyl groups excluding tert-OH is 4. The summed E-state index contributed by atoms with van der Waals surface area (Å²) in [6.07, 6.45) is -3.75. The first-order valence-electron chi connectivity index (χ1n) is 11.5. The molecular weight excluding hydrogens is 404 g/mol. The fourth-order valence-electron chi connectivity index (χ4n) is 4.39. The number of carbonyl (C=O) groups excluding carboxylic acids is 1. The fraction of sp³-hybridized carbons (Fsp3) is 0.957. The third-order valence-electron chi connectivity index (χ3n) is 6.54. The van der Waals surface area contributed by atoms with E-state index in [0.29, 0.717) is 17.8 Å². The minimum absolute atomic E-state index is 0.0150. The Kier molecular flexibility index (Phi) is 11.4. The normalized spacial score (nSPS) is 41.0. The molecule has 4 N–H and O–H groups in total. The van der Waals surface area contributed by atoms with Crippen molar-refractivity contribution in [2.45, 2.75) is 111 Å². The number of aliphatic hydroxyl groups is 4. The van der Waals surface area contributed by atoms with Crippen LogP contribution < -0.4 is 0 Å². The van der Waals surface area contributed by atoms with Crippen LogP contribution in [0.25, 0.3) is 0 Å². The molecule has 2 heterocycles. The number of esters is 1. The Morgan fingerprint density at radius 3 is 1.81 bits per heavy atom. The highest BCUT2D eigenvalue weighted by Gasteiger charge is 2.45. The predicted octanol–water partition coefficient (Wildman–Crippen LogP) is 1.51. The maximum Gasteiger partial charge on any atom is 0.303 e. The summed E-state index contributed by atoms with van der Waals surface area (Å²) in [5.74, 6) is 0.951. The zero-order valence-electron chi connectivity index (χ0n) is 20.3. The van der Waals surface area contributed by atoms with Crippen molar-refractivity contribution < 1.29 is 39.4 Å². The molecule has 31 heavy (non-hydrogen) atoms. The smallest absolute Gasteiger partial charge is 0.303 e. The molecule has 2 saturated heterocycles. The lowest BCUT2D eigenvalue weighted by Crippen LogP contribution is -2.59. The van der Waals surface area contributed by atoms with Crippen molar-refractivity contribution in [3.05, 3.63) is 0 Å². The molecule has 2 fully saturated rings. The van der Waals surface area contributed by atoms with Crippen molar-refractivity contribution in [2.75, 3.05) is 6.61 Å². The van der Waals surface area contributed by atoms with Gasteiger partial charge >= 0.3 is 5.97 Å². The summed E-state index contributed by atoms with van der Waals surface area (Å²) < 4.78 is 16.9. The molecule has 4 unspecified atom stereocenters. The van der Waals surface area contributed by atoms with Crippen LogP contribution in [0, 0.1) is 23.7 Å². The van der Waals surface area contributed by atoms with Gasteiger partial charge in [0.1, 0.15) is 30.5 Å². The molecule has 8 nitrogen and oxygen atoms in total. The number of hydrogen-bond donors (Lipinski definition) is 4. The van der Waals surface area contributed by atoms with Crippen molar-refractivity contribution in [1.82, 2.24) is 0 Å². The lowest BCUT2D eigenvalue weighted by atomic mass is 9.78. The summed E-state index contributed by atoms with van der Waals surface area (Å²) in [7, 11) is 0. The highest BCUT2D eigenvalue weighted by atomic mass is 16.6. The van der Waals surface area contributed by atoms with Gasteiger partial charge in [-0.05, 0) is 24.2 Å². The highest BCUT2D eigenvalue weighted by molar-refractivity contribution is 5.66. The third-order valence-corrected chi connectivity index (χ3v) is 6.54. The van der Waals surface area contributed by atoms with Crippen LogP contribution in [0.5, 0.6) is 0 Å². The van der Waals surface area contributed by atoms with Crippen molar-refractivity contribution in [3.8, 4) is 0 Å². The summed E-state index contributed by atoms with van der Waals surface area (Å²) in [4.78, 5) is 11.2. The molecule has 8 heteroatoms. The van der Waals surface area contributed by atoms with E-state index in [1.807, 2.05) is 13.8 Å². The predicted molar refractivity (Wildman–Crippen MR) is 116 cm³/mol. The zero-order valence-corrected chi connectivity index (χ0v) is 20.3. The molecule has 2 rings (SSSR count). The summed E-state index contributed by atoms with van der Waals surface area (Å²) in [5, 5.41) is 37.4. The van der Waals surface area contributed by atoms with Gasteiger partial charge in [-0.25, -0.2) is 0 Å². The first kappa shape index (κ1) is 28.3. The van der Waals surface area contributed by atoms with E-state index in [-0.39, 0.29) is 36.8 Å². The first-order chi connectivity index (χ1) is 14.4. The highest BCUT2D eigenvalue weighted by Crippen LogP contribution is 2.36. The molecule has 0 bridgehead atoms. The van der Waals surface area contributed by atoms with E-state index >= 15 is 0 Å². The standard InChI is InChI=1S/C14H26O3.C9H18O5/c1-7-12-9(4)10(5)14(16-11(6)15)13(17-12)8(2)3;1-4(2)9-8(13)7(12)6(11)5(3-10)14-9/h8-10,12-14H,7H2,1-6H3;4-13H,3H2,1-2H3/t9-,10-,12?,13+,14?;5?,6-,7+,8?,9-/m01/s1. The van der Waals surface area contributed by atoms with Gasteiger partial charge in [-0.3, -0.25) is 4.79 Å². The van der Waals surface area contributed by atoms with Crippen molar-refractivity contribution in [1.29, 1.82) is 0 Å². The zero-order chi connectivity index (χ0) is 24.0. The molecule has 2 aliphatic rings. The molecule has 184 valence electrons. The Morgan fingerprint density at radius 2 is 1.39 bits per heavy atom. The van der Waals surface area contributed by atoms with E-state index in [1.165, 1.54) is 6.92 Å². The lowest BCUT2D eigenvalue weighted by molar-refractivity contribution is -0.238. The molecule has 0 aromatic carbocycles. The Hall–Kier alpha value is -0.770. The maximum atomic E-state index is 11.2. The van der Waals surface area contributed by atoms with Crippen LogP contribution in [-0.4, -0.2) is 81.8 Å². The van der Waals surface area contributed by atoms with Gasteiger partial charge in [0.25, 0.3) is 0 Å². The topological polar surface area (TPSA) is 126 Å². The van der Waals surface area contributed by atoms with Crippen LogP contribution in [0.4, 0.5) is 0 Å². The Bertz CT molecular complexity index is 538. The van der Waals surface area contributed by atoms with Crippen LogP contribution >= 0.6 is 0 Å². The maximum absolute atomic E-state index is 11.2. The van der Waals surface area contributed by atoms with Crippen molar-refractivity contribution in [3.63, 3.8) is 0 Å². The van der Waals surface area contributed by atoms with Crippen molar-refractivity contribution in [2.24, 2.45) is 23.7 Å². The molecule has 2 aliphatic heterocycles. The van der Waals surface area contributed by atoms with E-state index in [4.69, 9.17) is 19.3 Å². The average molecular weight is 449 g/mol. The van der Waals surface area contributed by atoms with Crippen LogP contribution in [-0.2, 0) is 19.0 Å². The summed E-state index contributed by atoms with van der Waals surface area (Å²) in [6.45, 7) is 15.5. The summed E-state index contributed by atoms with van der Waals surface area (Å²) >= 11 is 0. The van der Waals surface area contributed by atoms with E-state index in [9.17, 15) is 20.1 Å². The number of carbonyl (C=O) groups is 1. The lowest BCUT2D eigenvalue weighted by Gasteiger charge is -2.45. The van der Waals surface area contributed by atoms with Gasteiger partial charge in [0, 0.05) is 12.8 Å². The molecule has 0 radical (unpaired) electrons. The minimum Gasteiger partial charge on any atom is -0.459 e. The molecule has 0 aliphatic carbocycles. The molecule has 10 atom stereocenters. The Morgan fingerprint density at radius 1 is 0.871 bits per heavy atom. The van der Waals surface area contributed by atoms with E-state index < -0.39 is 30.5 Å². The number of hydrogen-bond acceptors (Lipinski definition) is 8. The second kappa shape index (κ2) is 12.5. The summed E-state index contributed by atoms with van der Waals surface area (Å²) in [5.41, 5.74) is 0. The van der Waals surface area contributed by atoms with Crippen LogP contribution in [0.3, 0.4) is 0 Å². The van der Waals surface area contributed by atoms with E-state index in [0.717, 1.165) is 6.42 Å². The van der Waals surface area contributed by atoms with Gasteiger partial charge in [0.2, 0.25) is 0 Å². The van der Waals surface area contributed by atoms with Gasteiger partial charge in [0.15, 0.2) is 0 Å². The average Bonchev–Trinajstić information content (AvgIpc) is 2.70. The second-order valence-electron chi connectivity index (χ2n) is 9.62. The van der Waals surface area contributed by atoms with E-state index in [1.54, 1.807) is 0 Å². The Labute approximate surface area is 186 Å². The van der Waals surface area contributed by atoms with Gasteiger partial charge < -0.3 is 34.6 Å². The van der Waals surface area contributed by atoms with Gasteiger partial charge in [0.05, 0.1) is 24.9 Å². The molecule has 0 saturated carbocycles. The van der Waals surface area contributed by atoms with Gasteiger partial charge in [-0.15, -0.1) is 0 Å². The van der Waals surface area contributed by atoms with Crippen molar-refractivity contribution >= 4 is 5.97 Å². The SMILES string of the molecule is CC(C)[C@H]1OC(CO)[C@@H](O)[C@H](O)C1O.CCC1O[C@H](C(C)C)C(OC(C)=O)[C@@H](C)[C@@H]1C. The number of rotatable bonds is 5. The van der Waals surface area contributed by atoms with Crippen LogP contribution in [0.15, 0.2) is 0 Å². The first-order valence-corrected chi connectivity index (χ1v) is 11.5. The van der Waals surface area contributed by atoms with E-state index in [2.05, 4.69) is 34.6 Å². The second-order valence-corrected chi connectivity index (χ2v) is 9.62. The molecule has 0 aromatic rings. The molecular formula is C23H44O8. The van der Waals surface area contributed by atoms with Gasteiger partial charge in [-0.2, -0.15) is 0 Å². The third kappa shape index (κ3) is 7.11. The molecule has 0 spiro atoms. The monoisotopic (exact) mass is 448 g/mol. The Balaban J connectivity index is 0.000000316. The number of ether oxygens (including phenoxy) is 3. The minimum atomic E-state index is -1.26. The molecule has 0 aromatic heterocycles. The largest absolute Gasteiger partial charge is 0.459 e. The van der Waals surface area contributed by atoms with Gasteiger partial charge in [-0.1, -0.05) is 48.5 Å². The van der Waals surface area contributed by atoms with Crippen LogP contribution in [0.1, 0.15) is 61.8 Å². The molecule has 0 amide bonds.